The second-order valence-electron chi connectivity index (χ2n) is 8.22. The van der Waals surface area contributed by atoms with E-state index < -0.39 is 38.3 Å². The van der Waals surface area contributed by atoms with Crippen LogP contribution in [0.2, 0.25) is 0 Å². The van der Waals surface area contributed by atoms with E-state index in [1.807, 2.05) is 0 Å². The molecule has 34 heavy (non-hydrogen) atoms. The number of nitrogens with zero attached hydrogens (tertiary/aromatic N) is 4. The lowest BCUT2D eigenvalue weighted by Crippen LogP contribution is -2.35. The third kappa shape index (κ3) is 5.17. The number of alkyl halides is 3. The molecule has 3 heterocycles. The van der Waals surface area contributed by atoms with Gasteiger partial charge in [-0.3, -0.25) is 19.8 Å². The highest BCUT2D eigenvalue weighted by molar-refractivity contribution is 7.93. The first kappa shape index (κ1) is 24.0. The Labute approximate surface area is 196 Å². The lowest BCUT2D eigenvalue weighted by molar-refractivity contribution is -0.137. The molecule has 0 radical (unpaired) electrons. The molecule has 0 saturated heterocycles. The van der Waals surface area contributed by atoms with Crippen molar-refractivity contribution in [3.05, 3.63) is 47.5 Å². The Morgan fingerprint density at radius 1 is 1.09 bits per heavy atom. The molecular weight excluding hydrogens is 493 g/mol. The zero-order valence-corrected chi connectivity index (χ0v) is 19.6. The van der Waals surface area contributed by atoms with Crippen LogP contribution >= 0.6 is 11.3 Å². The van der Waals surface area contributed by atoms with E-state index in [2.05, 4.69) is 30.0 Å². The van der Waals surface area contributed by atoms with Crippen molar-refractivity contribution in [1.82, 2.24) is 19.9 Å². The average Bonchev–Trinajstić information content (AvgIpc) is 3.54. The van der Waals surface area contributed by atoms with Crippen molar-refractivity contribution in [2.45, 2.75) is 43.5 Å². The molecule has 9 nitrogen and oxygen atoms in total. The Bertz CT molecular complexity index is 1320. The summed E-state index contributed by atoms with van der Waals surface area (Å²) in [7, 11) is -3.47. The van der Waals surface area contributed by atoms with Gasteiger partial charge in [0.25, 0.3) is 0 Å². The molecule has 14 heteroatoms. The van der Waals surface area contributed by atoms with E-state index in [9.17, 15) is 26.4 Å². The number of anilines is 2. The Morgan fingerprint density at radius 3 is 2.38 bits per heavy atom. The molecular formula is C20H19F3N6O3S2. The summed E-state index contributed by atoms with van der Waals surface area (Å²) in [6.07, 6.45) is 1.24. The normalized spacial score (nSPS) is 14.6. The van der Waals surface area contributed by atoms with Crippen molar-refractivity contribution in [2.24, 2.45) is 0 Å². The van der Waals surface area contributed by atoms with Crippen molar-refractivity contribution in [3.63, 3.8) is 0 Å². The minimum atomic E-state index is -4.53. The van der Waals surface area contributed by atoms with Gasteiger partial charge in [-0.05, 0) is 32.8 Å². The number of rotatable bonds is 7. The zero-order valence-electron chi connectivity index (χ0n) is 17.9. The van der Waals surface area contributed by atoms with Gasteiger partial charge >= 0.3 is 6.18 Å². The Morgan fingerprint density at radius 2 is 1.76 bits per heavy atom. The van der Waals surface area contributed by atoms with Crippen LogP contribution in [-0.2, 0) is 26.4 Å². The zero-order chi connectivity index (χ0) is 24.7. The summed E-state index contributed by atoms with van der Waals surface area (Å²) < 4.78 is 65.4. The molecule has 0 aromatic carbocycles. The summed E-state index contributed by atoms with van der Waals surface area (Å²) in [5.41, 5.74) is -1.21. The number of aromatic nitrogens is 4. The number of halogens is 3. The van der Waals surface area contributed by atoms with Gasteiger partial charge in [0.05, 0.1) is 21.9 Å². The van der Waals surface area contributed by atoms with E-state index in [0.29, 0.717) is 24.1 Å². The van der Waals surface area contributed by atoms with Crippen LogP contribution in [0.4, 0.5) is 24.3 Å². The molecule has 3 aromatic heterocycles. The van der Waals surface area contributed by atoms with Gasteiger partial charge in [0, 0.05) is 41.3 Å². The number of amides is 1. The quantitative estimate of drug-likeness (QED) is 0.493. The minimum absolute atomic E-state index is 0.0494. The Hall–Kier alpha value is -3.13. The third-order valence-corrected chi connectivity index (χ3v) is 7.89. The van der Waals surface area contributed by atoms with Crippen LogP contribution in [0.25, 0.3) is 11.1 Å². The number of pyridine rings is 1. The topological polar surface area (TPSA) is 127 Å². The molecule has 0 unspecified atom stereocenters. The fraction of sp³-hybridized carbons (Fsp3) is 0.350. The second kappa shape index (κ2) is 8.58. The van der Waals surface area contributed by atoms with Crippen molar-refractivity contribution in [2.75, 3.05) is 10.0 Å². The predicted octanol–water partition coefficient (Wildman–Crippen LogP) is 3.83. The van der Waals surface area contributed by atoms with E-state index in [4.69, 9.17) is 0 Å². The van der Waals surface area contributed by atoms with E-state index in [-0.39, 0.29) is 16.6 Å². The molecule has 1 aliphatic rings. The maximum Gasteiger partial charge on any atom is 0.417 e. The van der Waals surface area contributed by atoms with Gasteiger partial charge in [0.15, 0.2) is 5.13 Å². The van der Waals surface area contributed by atoms with Crippen LogP contribution in [0, 0.1) is 0 Å². The van der Waals surface area contributed by atoms with Gasteiger partial charge in [0.2, 0.25) is 21.9 Å². The number of thiazole rings is 1. The van der Waals surface area contributed by atoms with Crippen molar-refractivity contribution in [1.29, 1.82) is 0 Å². The van der Waals surface area contributed by atoms with Crippen LogP contribution in [0.1, 0.15) is 37.9 Å². The molecule has 1 aliphatic carbocycles. The SMILES string of the molecule is CC(C)(C(=O)Nc1ncc(-c2cncc(C(F)(F)F)c2)cn1)c1csc(NS(=O)(=O)C2CC2)n1. The maximum atomic E-state index is 12.9. The van der Waals surface area contributed by atoms with E-state index >= 15 is 0 Å². The number of carbonyl (C=O) groups is 1. The second-order valence-corrected chi connectivity index (χ2v) is 11.0. The van der Waals surface area contributed by atoms with Gasteiger partial charge in [-0.15, -0.1) is 11.3 Å². The third-order valence-electron chi connectivity index (χ3n) is 5.18. The molecule has 0 spiro atoms. The molecule has 4 rings (SSSR count). The van der Waals surface area contributed by atoms with Gasteiger partial charge in [0.1, 0.15) is 0 Å². The predicted molar refractivity (Wildman–Crippen MR) is 120 cm³/mol. The van der Waals surface area contributed by atoms with Crippen molar-refractivity contribution < 1.29 is 26.4 Å². The summed E-state index contributed by atoms with van der Waals surface area (Å²) in [6, 6.07) is 0.935. The van der Waals surface area contributed by atoms with Crippen LogP contribution in [0.3, 0.4) is 0 Å². The molecule has 1 amide bonds. The Balaban J connectivity index is 1.45. The minimum Gasteiger partial charge on any atom is -0.294 e. The summed E-state index contributed by atoms with van der Waals surface area (Å²) in [4.78, 5) is 28.7. The van der Waals surface area contributed by atoms with Gasteiger partial charge in [-0.25, -0.2) is 23.4 Å². The van der Waals surface area contributed by atoms with Gasteiger partial charge < -0.3 is 0 Å². The van der Waals surface area contributed by atoms with Gasteiger partial charge in [-0.2, -0.15) is 13.2 Å². The molecule has 180 valence electrons. The highest BCUT2D eigenvalue weighted by Gasteiger charge is 2.37. The molecule has 0 bridgehead atoms. The maximum absolute atomic E-state index is 12.9. The lowest BCUT2D eigenvalue weighted by Gasteiger charge is -2.20. The van der Waals surface area contributed by atoms with Crippen LogP contribution < -0.4 is 10.0 Å². The standard InChI is InChI=1S/C20H19F3N6O3S2/c1-19(2,15-10-33-18(27-15)29-34(31,32)14-3-4-14)16(30)28-17-25-7-12(8-26-17)11-5-13(9-24-6-11)20(21,22)23/h5-10,14H,3-4H2,1-2H3,(H,27,29)(H,25,26,28,30). The van der Waals surface area contributed by atoms with E-state index in [1.54, 1.807) is 19.2 Å². The molecule has 0 atom stereocenters. The highest BCUT2D eigenvalue weighted by atomic mass is 32.2. The van der Waals surface area contributed by atoms with E-state index in [0.717, 1.165) is 23.6 Å². The Kier molecular flexibility index (Phi) is 6.06. The summed E-state index contributed by atoms with van der Waals surface area (Å²) in [5, 5.41) is 3.92. The van der Waals surface area contributed by atoms with Crippen LogP contribution in [0.15, 0.2) is 36.2 Å². The first-order valence-electron chi connectivity index (χ1n) is 10.00. The molecule has 3 aromatic rings. The summed E-state index contributed by atoms with van der Waals surface area (Å²) in [5.74, 6) is -0.547. The van der Waals surface area contributed by atoms with Crippen LogP contribution in [-0.4, -0.2) is 39.5 Å². The summed E-state index contributed by atoms with van der Waals surface area (Å²) >= 11 is 1.08. The fourth-order valence-corrected chi connectivity index (χ4v) is 5.33. The van der Waals surface area contributed by atoms with Crippen molar-refractivity contribution >= 4 is 38.3 Å². The largest absolute Gasteiger partial charge is 0.417 e. The smallest absolute Gasteiger partial charge is 0.294 e. The summed E-state index contributed by atoms with van der Waals surface area (Å²) in [6.45, 7) is 3.22. The number of sulfonamides is 1. The monoisotopic (exact) mass is 512 g/mol. The van der Waals surface area contributed by atoms with Crippen LogP contribution in [0.5, 0.6) is 0 Å². The first-order valence-corrected chi connectivity index (χ1v) is 12.4. The molecule has 1 fully saturated rings. The molecule has 1 saturated carbocycles. The number of hydrogen-bond acceptors (Lipinski definition) is 8. The highest BCUT2D eigenvalue weighted by Crippen LogP contribution is 2.33. The number of carbonyl (C=O) groups excluding carboxylic acids is 1. The number of nitrogens with one attached hydrogen (secondary N) is 2. The first-order chi connectivity index (χ1) is 15.9. The lowest BCUT2D eigenvalue weighted by atomic mass is 9.89. The number of hydrogen-bond donors (Lipinski definition) is 2. The molecule has 2 N–H and O–H groups in total. The fourth-order valence-electron chi connectivity index (χ4n) is 2.86. The van der Waals surface area contributed by atoms with Gasteiger partial charge in [-0.1, -0.05) is 0 Å². The molecule has 0 aliphatic heterocycles. The van der Waals surface area contributed by atoms with Crippen molar-refractivity contribution in [3.8, 4) is 11.1 Å². The average molecular weight is 513 g/mol. The van der Waals surface area contributed by atoms with E-state index in [1.165, 1.54) is 18.6 Å².